The third kappa shape index (κ3) is 26.6. The second-order valence-corrected chi connectivity index (χ2v) is 27.7. The molecule has 3 N–H and O–H groups in total. The van der Waals surface area contributed by atoms with Gasteiger partial charge in [0, 0.05) is 56.9 Å². The minimum atomic E-state index is -2.14. The maximum absolute atomic E-state index is 17.7. The van der Waals surface area contributed by atoms with Gasteiger partial charge in [-0.15, -0.1) is 0 Å². The number of carbonyl (C=O) groups excluding carboxylic acids is 6. The largest absolute Gasteiger partial charge is 0.462 e. The number of Topliss-reactive ketones (excluding diaryl/α,β-unsaturated/α-hetero) is 1. The van der Waals surface area contributed by atoms with Crippen LogP contribution in [0.5, 0.6) is 0 Å². The third-order valence-corrected chi connectivity index (χ3v) is 19.9. The number of ketones is 2. The number of halogens is 1. The Balaban J connectivity index is 0.00000173. The number of methoxy groups -OCH3 is 2. The van der Waals surface area contributed by atoms with Crippen LogP contribution in [-0.4, -0.2) is 178 Å². The van der Waals surface area contributed by atoms with Gasteiger partial charge in [0.15, 0.2) is 30.3 Å². The summed E-state index contributed by atoms with van der Waals surface area (Å²) in [6.45, 7) is 9.24. The Labute approximate surface area is 565 Å². The number of fused-ring (bicyclic) bond motifs is 5. The highest BCUT2D eigenvalue weighted by Crippen LogP contribution is 2.70. The topological polar surface area (TPSA) is 225 Å². The van der Waals surface area contributed by atoms with E-state index in [0.29, 0.717) is 37.7 Å². The summed E-state index contributed by atoms with van der Waals surface area (Å²) in [5, 5.41) is 33.0. The molecule has 17 nitrogen and oxygen atoms in total. The number of rotatable bonds is 47. The minimum absolute atomic E-state index is 0.0111. The molecule has 3 fully saturated rings. The number of ether oxygens (including phenoxy) is 6. The number of esters is 4. The lowest BCUT2D eigenvalue weighted by Gasteiger charge is -2.62. The number of unbranched alkanes of at least 4 members (excludes halogenated alkanes) is 16. The van der Waals surface area contributed by atoms with Crippen LogP contribution in [0.3, 0.4) is 0 Å². The fourth-order valence-electron chi connectivity index (χ4n) is 14.4. The molecule has 536 valence electrons. The molecule has 4 aliphatic carbocycles. The lowest BCUT2D eigenvalue weighted by Crippen LogP contribution is -2.69. The Hall–Kier alpha value is -4.69. The first-order chi connectivity index (χ1) is 44.9. The van der Waals surface area contributed by atoms with Crippen LogP contribution in [0.2, 0.25) is 0 Å². The fourth-order valence-corrected chi connectivity index (χ4v) is 14.4. The third-order valence-electron chi connectivity index (χ3n) is 19.9. The lowest BCUT2D eigenvalue weighted by atomic mass is 9.44. The van der Waals surface area contributed by atoms with Crippen molar-refractivity contribution in [1.29, 1.82) is 0 Å². The zero-order valence-corrected chi connectivity index (χ0v) is 59.7. The van der Waals surface area contributed by atoms with Gasteiger partial charge in [-0.3, -0.25) is 28.8 Å². The smallest absolute Gasteiger partial charge is 0.306 e. The van der Waals surface area contributed by atoms with E-state index in [1.807, 2.05) is 19.0 Å². The van der Waals surface area contributed by atoms with Gasteiger partial charge in [-0.1, -0.05) is 152 Å². The standard InChI is InChI=1S/C68H106FNO12.C8H19NO3/c1-8-10-12-14-16-18-20-22-24-26-28-30-32-34-36-38-63(76)81-57(49-70(6)7)58(82-64(77)39-37-35-33-31-29-27-25-23-21-19-17-15-13-11-9-2)50-79-61(74)42-43-62(75)80-51-60(73)68(78)52(3)46-56-55-41-40-53-47-54(71)44-45-65(53,4)67(55,69)59(72)48-66(56,68)5;1-9(2)5-7(11-3)8(6-10)12-4/h16-19,22-25,44-45,47,52,55-59,72,78H,8-15,20-21,26-43,46,48-51H2,1-7H3;7-8,10H,5-6H2,1-4H3/b18-16-,19-17-,24-22-,25-23-;/t52-,55+,56+,57+,58+,59+,65+,66+,67+,68+;7-,8-/m10/s1. The van der Waals surface area contributed by atoms with Crippen LogP contribution in [0.15, 0.2) is 72.4 Å². The Morgan fingerprint density at radius 3 is 1.59 bits per heavy atom. The highest BCUT2D eigenvalue weighted by Gasteiger charge is 2.75. The summed E-state index contributed by atoms with van der Waals surface area (Å²) in [6.07, 6.45) is 41.5. The SMILES string of the molecule is CCCCC/C=C\C/C=C\CCCCCCCC(=O)O[C@@H](COC(=O)CCC(=O)OCC(=O)[C@@]1(O)[C@H](C)C[C@H]2[C@@H]3CCC4=CC(=O)C=C[C@]4(C)[C@@]3(F)[C@@H](O)C[C@@]21C)[C@H](CN(C)C)OC(=O)CCCCCCC/C=C\C/C=C\CCCCC.CO[C@@H](CO)[C@H](CN(C)C)OC. The molecule has 0 aliphatic heterocycles. The van der Waals surface area contributed by atoms with E-state index in [9.17, 15) is 39.0 Å². The summed E-state index contributed by atoms with van der Waals surface area (Å²) in [6, 6.07) is 0. The van der Waals surface area contributed by atoms with E-state index in [-0.39, 0.29) is 50.4 Å². The molecule has 0 spiro atoms. The maximum Gasteiger partial charge on any atom is 0.306 e. The van der Waals surface area contributed by atoms with Crippen molar-refractivity contribution < 1.29 is 76.9 Å². The zero-order valence-electron chi connectivity index (χ0n) is 59.7. The highest BCUT2D eigenvalue weighted by molar-refractivity contribution is 6.01. The molecule has 0 aromatic rings. The zero-order chi connectivity index (χ0) is 69.6. The predicted octanol–water partition coefficient (Wildman–Crippen LogP) is 13.4. The van der Waals surface area contributed by atoms with Crippen molar-refractivity contribution in [3.63, 3.8) is 0 Å². The number of hydrogen-bond donors (Lipinski definition) is 3. The maximum atomic E-state index is 17.7. The van der Waals surface area contributed by atoms with Gasteiger partial charge >= 0.3 is 23.9 Å². The fraction of sp³-hybridized carbons (Fsp3) is 0.763. The summed E-state index contributed by atoms with van der Waals surface area (Å²) in [4.78, 5) is 83.2. The molecule has 3 saturated carbocycles. The number of aliphatic hydroxyl groups excluding tert-OH is 2. The van der Waals surface area contributed by atoms with Crippen molar-refractivity contribution in [2.75, 3.05) is 75.3 Å². The van der Waals surface area contributed by atoms with Crippen LogP contribution in [-0.2, 0) is 57.2 Å². The normalized spacial score (nSPS) is 25.4. The summed E-state index contributed by atoms with van der Waals surface area (Å²) in [7, 11) is 10.7. The first-order valence-corrected chi connectivity index (χ1v) is 35.8. The predicted molar refractivity (Wildman–Crippen MR) is 368 cm³/mol. The van der Waals surface area contributed by atoms with E-state index in [2.05, 4.69) is 62.5 Å². The van der Waals surface area contributed by atoms with Crippen LogP contribution in [0.25, 0.3) is 0 Å². The molecule has 0 unspecified atom stereocenters. The average Bonchev–Trinajstić information content (AvgIpc) is 1.35. The molecule has 0 heterocycles. The molecular formula is C76H125FN2O15. The Kier molecular flexibility index (Phi) is 40.0. The van der Waals surface area contributed by atoms with Gasteiger partial charge in [0.1, 0.15) is 18.3 Å². The van der Waals surface area contributed by atoms with Crippen molar-refractivity contribution >= 4 is 35.4 Å². The first-order valence-electron chi connectivity index (χ1n) is 35.8. The van der Waals surface area contributed by atoms with E-state index in [1.165, 1.54) is 50.7 Å². The summed E-state index contributed by atoms with van der Waals surface area (Å²) < 4.78 is 50.8. The van der Waals surface area contributed by atoms with Crippen molar-refractivity contribution in [3.8, 4) is 0 Å². The van der Waals surface area contributed by atoms with Crippen LogP contribution >= 0.6 is 0 Å². The number of alkyl halides is 1. The molecular weight excluding hydrogens is 1200 g/mol. The molecule has 0 aromatic carbocycles. The molecule has 4 aliphatic rings. The van der Waals surface area contributed by atoms with Gasteiger partial charge in [0.25, 0.3) is 0 Å². The van der Waals surface area contributed by atoms with E-state index >= 15 is 4.39 Å². The number of likely N-dealkylation sites (N-methyl/N-ethyl adjacent to an activating group) is 2. The summed E-state index contributed by atoms with van der Waals surface area (Å²) >= 11 is 0. The van der Waals surface area contributed by atoms with Gasteiger partial charge < -0.3 is 53.5 Å². The molecule has 12 atom stereocenters. The van der Waals surface area contributed by atoms with Crippen LogP contribution in [0, 0.1) is 28.6 Å². The quantitative estimate of drug-likeness (QED) is 0.0223. The minimum Gasteiger partial charge on any atom is -0.462 e. The molecule has 0 saturated heterocycles. The summed E-state index contributed by atoms with van der Waals surface area (Å²) in [5.41, 5.74) is -6.05. The number of nitrogens with zero attached hydrogens (tertiary/aromatic N) is 2. The van der Waals surface area contributed by atoms with E-state index < -0.39 is 114 Å². The molecule has 4 rings (SSSR count). The van der Waals surface area contributed by atoms with E-state index in [4.69, 9.17) is 33.5 Å². The van der Waals surface area contributed by atoms with Crippen molar-refractivity contribution in [3.05, 3.63) is 72.4 Å². The van der Waals surface area contributed by atoms with Gasteiger partial charge in [0.05, 0.1) is 31.7 Å². The van der Waals surface area contributed by atoms with Crippen LogP contribution in [0.4, 0.5) is 4.39 Å². The average molecular weight is 1330 g/mol. The first kappa shape index (κ1) is 83.5. The van der Waals surface area contributed by atoms with E-state index in [1.54, 1.807) is 60.1 Å². The number of carbonyl (C=O) groups is 6. The number of hydrogen-bond acceptors (Lipinski definition) is 17. The molecule has 0 radical (unpaired) electrons. The monoisotopic (exact) mass is 1320 g/mol. The molecule has 0 amide bonds. The van der Waals surface area contributed by atoms with Gasteiger partial charge in [-0.25, -0.2) is 4.39 Å². The van der Waals surface area contributed by atoms with Gasteiger partial charge in [-0.05, 0) is 162 Å². The second-order valence-electron chi connectivity index (χ2n) is 27.7. The van der Waals surface area contributed by atoms with Crippen molar-refractivity contribution in [1.82, 2.24) is 9.80 Å². The highest BCUT2D eigenvalue weighted by atomic mass is 19.1. The molecule has 0 aromatic heterocycles. The van der Waals surface area contributed by atoms with Crippen LogP contribution < -0.4 is 0 Å². The molecule has 94 heavy (non-hydrogen) atoms. The Bertz CT molecular complexity index is 2440. The van der Waals surface area contributed by atoms with Gasteiger partial charge in [0.2, 0.25) is 5.78 Å². The van der Waals surface area contributed by atoms with E-state index in [0.717, 1.165) is 96.4 Å². The lowest BCUT2D eigenvalue weighted by molar-refractivity contribution is -0.220. The Morgan fingerprint density at radius 2 is 1.10 bits per heavy atom. The van der Waals surface area contributed by atoms with Crippen molar-refractivity contribution in [2.45, 2.75) is 269 Å². The number of aliphatic hydroxyl groups is 3. The second kappa shape index (κ2) is 45.0. The Morgan fingerprint density at radius 1 is 0.628 bits per heavy atom. The van der Waals surface area contributed by atoms with Crippen molar-refractivity contribution in [2.24, 2.45) is 28.6 Å². The summed E-state index contributed by atoms with van der Waals surface area (Å²) in [5.74, 6) is -5.51. The van der Waals surface area contributed by atoms with Gasteiger partial charge in [-0.2, -0.15) is 0 Å². The molecule has 0 bridgehead atoms. The van der Waals surface area contributed by atoms with Crippen LogP contribution in [0.1, 0.15) is 227 Å². The molecule has 18 heteroatoms. The number of allylic oxidation sites excluding steroid dienone is 12.